The van der Waals surface area contributed by atoms with Crippen molar-refractivity contribution >= 4 is 43.2 Å². The summed E-state index contributed by atoms with van der Waals surface area (Å²) in [6.45, 7) is 2.06. The van der Waals surface area contributed by atoms with E-state index in [1.807, 2.05) is 6.07 Å². The Balaban J connectivity index is 2.51. The summed E-state index contributed by atoms with van der Waals surface area (Å²) in [5.74, 6) is 0. The van der Waals surface area contributed by atoms with E-state index in [0.717, 1.165) is 19.0 Å². The number of hydrogen-bond donors (Lipinski definition) is 0. The minimum Gasteiger partial charge on any atom is -0.137 e. The van der Waals surface area contributed by atoms with Gasteiger partial charge in [-0.15, -0.1) is 10.2 Å². The third-order valence-corrected chi connectivity index (χ3v) is 3.55. The van der Waals surface area contributed by atoms with Crippen LogP contribution in [0.25, 0.3) is 10.6 Å². The number of aromatic nitrogens is 2. The van der Waals surface area contributed by atoms with Crippen LogP contribution >= 0.6 is 43.2 Å². The molecular formula is C9H6Br2N2S. The first-order chi connectivity index (χ1) is 6.65. The summed E-state index contributed by atoms with van der Waals surface area (Å²) in [5, 5.41) is 8.92. The van der Waals surface area contributed by atoms with Crippen LogP contribution in [0.2, 0.25) is 0 Å². The third kappa shape index (κ3) is 2.21. The number of rotatable bonds is 1. The maximum absolute atomic E-state index is 4.07. The summed E-state index contributed by atoms with van der Waals surface area (Å²) >= 11 is 8.29. The molecule has 0 saturated carbocycles. The lowest BCUT2D eigenvalue weighted by Gasteiger charge is -1.99. The summed E-state index contributed by atoms with van der Waals surface area (Å²) < 4.78 is 1.88. The van der Waals surface area contributed by atoms with Gasteiger partial charge in [0.1, 0.15) is 5.01 Å². The van der Waals surface area contributed by atoms with Crippen molar-refractivity contribution in [2.24, 2.45) is 0 Å². The van der Waals surface area contributed by atoms with Crippen LogP contribution in [0, 0.1) is 6.92 Å². The van der Waals surface area contributed by atoms with E-state index in [9.17, 15) is 0 Å². The summed E-state index contributed by atoms with van der Waals surface area (Å²) in [7, 11) is 0. The molecule has 14 heavy (non-hydrogen) atoms. The zero-order chi connectivity index (χ0) is 10.1. The average molecular weight is 334 g/mol. The fourth-order valence-corrected chi connectivity index (χ4v) is 2.89. The zero-order valence-electron chi connectivity index (χ0n) is 7.29. The van der Waals surface area contributed by atoms with Crippen molar-refractivity contribution in [3.05, 3.63) is 32.2 Å². The maximum Gasteiger partial charge on any atom is 0.183 e. The average Bonchev–Trinajstić information content (AvgIpc) is 2.50. The van der Waals surface area contributed by atoms with Crippen LogP contribution in [-0.2, 0) is 0 Å². The Hall–Kier alpha value is -0.260. The van der Waals surface area contributed by atoms with Crippen molar-refractivity contribution in [2.45, 2.75) is 6.92 Å². The molecule has 0 fully saturated rings. The van der Waals surface area contributed by atoms with Crippen LogP contribution in [0.15, 0.2) is 26.6 Å². The molecule has 0 aliphatic rings. The van der Waals surface area contributed by atoms with Gasteiger partial charge in [0.15, 0.2) is 3.92 Å². The zero-order valence-corrected chi connectivity index (χ0v) is 11.3. The van der Waals surface area contributed by atoms with Gasteiger partial charge in [-0.25, -0.2) is 0 Å². The van der Waals surface area contributed by atoms with Gasteiger partial charge in [0, 0.05) is 10.0 Å². The van der Waals surface area contributed by atoms with Crippen LogP contribution in [0.4, 0.5) is 0 Å². The molecule has 72 valence electrons. The van der Waals surface area contributed by atoms with Crippen LogP contribution in [0.5, 0.6) is 0 Å². The van der Waals surface area contributed by atoms with Crippen LogP contribution < -0.4 is 0 Å². The molecule has 1 aromatic carbocycles. The Labute approximate surface area is 103 Å². The highest BCUT2D eigenvalue weighted by Gasteiger charge is 2.05. The van der Waals surface area contributed by atoms with Gasteiger partial charge in [-0.3, -0.25) is 0 Å². The fraction of sp³-hybridized carbons (Fsp3) is 0.111. The van der Waals surface area contributed by atoms with Gasteiger partial charge in [-0.05, 0) is 46.6 Å². The van der Waals surface area contributed by atoms with Gasteiger partial charge in [0.2, 0.25) is 0 Å². The summed E-state index contributed by atoms with van der Waals surface area (Å²) in [6, 6.07) is 6.21. The molecule has 0 aliphatic carbocycles. The highest BCUT2D eigenvalue weighted by molar-refractivity contribution is 9.11. The molecular weight excluding hydrogens is 328 g/mol. The largest absolute Gasteiger partial charge is 0.183 e. The van der Waals surface area contributed by atoms with Gasteiger partial charge in [-0.2, -0.15) is 0 Å². The predicted octanol–water partition coefficient (Wildman–Crippen LogP) is 4.04. The lowest BCUT2D eigenvalue weighted by atomic mass is 10.1. The second-order valence-electron chi connectivity index (χ2n) is 2.88. The third-order valence-electron chi connectivity index (χ3n) is 1.69. The van der Waals surface area contributed by atoms with Crippen molar-refractivity contribution < 1.29 is 0 Å². The van der Waals surface area contributed by atoms with Gasteiger partial charge in [-0.1, -0.05) is 27.3 Å². The highest BCUT2D eigenvalue weighted by Crippen LogP contribution is 2.29. The lowest BCUT2D eigenvalue weighted by Crippen LogP contribution is -1.79. The summed E-state index contributed by atoms with van der Waals surface area (Å²) in [6.07, 6.45) is 0. The number of aryl methyl sites for hydroxylation is 1. The van der Waals surface area contributed by atoms with Gasteiger partial charge >= 0.3 is 0 Å². The molecule has 0 aliphatic heterocycles. The molecule has 0 atom stereocenters. The molecule has 2 rings (SSSR count). The summed E-state index contributed by atoms with van der Waals surface area (Å²) in [4.78, 5) is 0. The predicted molar refractivity (Wildman–Crippen MR) is 65.5 cm³/mol. The minimum atomic E-state index is 0.810. The van der Waals surface area contributed by atoms with Crippen LogP contribution in [0.3, 0.4) is 0 Å². The summed E-state index contributed by atoms with van der Waals surface area (Å²) in [5.41, 5.74) is 2.31. The van der Waals surface area contributed by atoms with Crippen LogP contribution in [0.1, 0.15) is 5.56 Å². The number of nitrogens with zero attached hydrogens (tertiary/aromatic N) is 2. The van der Waals surface area contributed by atoms with Crippen molar-refractivity contribution in [1.82, 2.24) is 10.2 Å². The monoisotopic (exact) mass is 332 g/mol. The SMILES string of the molecule is Cc1cc(Br)cc(-c2nnc(Br)s2)c1. The van der Waals surface area contributed by atoms with E-state index in [-0.39, 0.29) is 0 Å². The second kappa shape index (κ2) is 4.08. The molecule has 1 aromatic heterocycles. The first-order valence-electron chi connectivity index (χ1n) is 3.92. The Morgan fingerprint density at radius 3 is 2.50 bits per heavy atom. The Morgan fingerprint density at radius 1 is 1.14 bits per heavy atom. The van der Waals surface area contributed by atoms with E-state index in [4.69, 9.17) is 0 Å². The Bertz CT molecular complexity index is 447. The molecule has 0 amide bonds. The van der Waals surface area contributed by atoms with E-state index in [1.54, 1.807) is 0 Å². The standard InChI is InChI=1S/C9H6Br2N2S/c1-5-2-6(4-7(10)3-5)8-12-13-9(11)14-8/h2-4H,1H3. The molecule has 1 heterocycles. The highest BCUT2D eigenvalue weighted by atomic mass is 79.9. The topological polar surface area (TPSA) is 25.8 Å². The van der Waals surface area contributed by atoms with E-state index < -0.39 is 0 Å². The quantitative estimate of drug-likeness (QED) is 0.787. The van der Waals surface area contributed by atoms with E-state index in [2.05, 4.69) is 61.1 Å². The van der Waals surface area contributed by atoms with Crippen molar-refractivity contribution in [2.75, 3.05) is 0 Å². The molecule has 0 saturated heterocycles. The Morgan fingerprint density at radius 2 is 1.93 bits per heavy atom. The molecule has 2 nitrogen and oxygen atoms in total. The molecule has 0 bridgehead atoms. The number of halogens is 2. The molecule has 0 radical (unpaired) electrons. The smallest absolute Gasteiger partial charge is 0.137 e. The molecule has 0 unspecified atom stereocenters. The normalized spacial score (nSPS) is 10.5. The van der Waals surface area contributed by atoms with Crippen molar-refractivity contribution in [1.29, 1.82) is 0 Å². The van der Waals surface area contributed by atoms with Crippen LogP contribution in [-0.4, -0.2) is 10.2 Å². The lowest BCUT2D eigenvalue weighted by molar-refractivity contribution is 1.07. The van der Waals surface area contributed by atoms with Crippen molar-refractivity contribution in [3.63, 3.8) is 0 Å². The molecule has 0 spiro atoms. The first kappa shape index (κ1) is 10.3. The first-order valence-corrected chi connectivity index (χ1v) is 6.32. The van der Waals surface area contributed by atoms with E-state index >= 15 is 0 Å². The van der Waals surface area contributed by atoms with Gasteiger partial charge < -0.3 is 0 Å². The van der Waals surface area contributed by atoms with Crippen molar-refractivity contribution in [3.8, 4) is 10.6 Å². The number of hydrogen-bond acceptors (Lipinski definition) is 3. The minimum absolute atomic E-state index is 0.810. The van der Waals surface area contributed by atoms with Gasteiger partial charge in [0.05, 0.1) is 0 Å². The molecule has 5 heteroatoms. The van der Waals surface area contributed by atoms with E-state index in [0.29, 0.717) is 0 Å². The van der Waals surface area contributed by atoms with Gasteiger partial charge in [0.25, 0.3) is 0 Å². The maximum atomic E-state index is 4.07. The van der Waals surface area contributed by atoms with E-state index in [1.165, 1.54) is 16.9 Å². The number of benzene rings is 1. The molecule has 2 aromatic rings. The second-order valence-corrected chi connectivity index (χ2v) is 6.05. The Kier molecular flexibility index (Phi) is 2.99. The fourth-order valence-electron chi connectivity index (χ4n) is 1.18. The molecule has 0 N–H and O–H groups in total.